The third-order valence-corrected chi connectivity index (χ3v) is 7.21. The lowest BCUT2D eigenvalue weighted by Gasteiger charge is -2.06. The van der Waals surface area contributed by atoms with E-state index < -0.39 is 0 Å². The SMILES string of the molecule is COc1ccc(-c2nc3sc(=Cc4cn(-c5ccccc5)nc4-c4ccc(OC)c(C)c4)c(=O)n3n2)cc1. The summed E-state index contributed by atoms with van der Waals surface area (Å²) in [5, 5.41) is 9.35. The molecule has 8 nitrogen and oxygen atoms in total. The molecule has 188 valence electrons. The standard InChI is InChI=1S/C29H23N5O3S/c1-18-15-20(11-14-24(18)37-3)26-21(17-33(31-26)22-7-5-4-6-8-22)16-25-28(35)34-29(38-25)30-27(32-34)19-9-12-23(36-2)13-10-19/h4-17H,1-3H3. The van der Waals surface area contributed by atoms with Gasteiger partial charge in [-0.3, -0.25) is 4.79 Å². The Morgan fingerprint density at radius 2 is 1.66 bits per heavy atom. The molecule has 6 aromatic rings. The summed E-state index contributed by atoms with van der Waals surface area (Å²) < 4.78 is 14.4. The van der Waals surface area contributed by atoms with Crippen LogP contribution in [0.15, 0.2) is 83.8 Å². The summed E-state index contributed by atoms with van der Waals surface area (Å²) in [6.45, 7) is 2.00. The van der Waals surface area contributed by atoms with Crippen molar-refractivity contribution < 1.29 is 9.47 Å². The molecule has 3 aromatic carbocycles. The first kappa shape index (κ1) is 23.6. The topological polar surface area (TPSA) is 83.5 Å². The van der Waals surface area contributed by atoms with Crippen molar-refractivity contribution in [2.24, 2.45) is 0 Å². The Hall–Kier alpha value is -4.76. The fourth-order valence-electron chi connectivity index (χ4n) is 4.29. The maximum absolute atomic E-state index is 13.3. The molecule has 0 unspecified atom stereocenters. The van der Waals surface area contributed by atoms with Crippen LogP contribution in [0, 0.1) is 6.92 Å². The summed E-state index contributed by atoms with van der Waals surface area (Å²) >= 11 is 1.30. The number of aryl methyl sites for hydroxylation is 1. The monoisotopic (exact) mass is 521 g/mol. The van der Waals surface area contributed by atoms with Crippen LogP contribution in [0.25, 0.3) is 39.4 Å². The smallest absolute Gasteiger partial charge is 0.291 e. The second kappa shape index (κ2) is 9.60. The summed E-state index contributed by atoms with van der Waals surface area (Å²) in [5.74, 6) is 2.05. The minimum atomic E-state index is -0.221. The van der Waals surface area contributed by atoms with E-state index in [-0.39, 0.29) is 5.56 Å². The number of para-hydroxylation sites is 1. The molecule has 0 aliphatic heterocycles. The van der Waals surface area contributed by atoms with Crippen LogP contribution in [-0.2, 0) is 0 Å². The number of hydrogen-bond acceptors (Lipinski definition) is 7. The minimum Gasteiger partial charge on any atom is -0.497 e. The molecule has 0 aliphatic rings. The van der Waals surface area contributed by atoms with Gasteiger partial charge in [0.1, 0.15) is 17.2 Å². The van der Waals surface area contributed by atoms with Crippen molar-refractivity contribution in [3.8, 4) is 39.8 Å². The Balaban J connectivity index is 1.46. The van der Waals surface area contributed by atoms with Crippen molar-refractivity contribution in [3.63, 3.8) is 0 Å². The predicted molar refractivity (Wildman–Crippen MR) is 148 cm³/mol. The van der Waals surface area contributed by atoms with Crippen molar-refractivity contribution in [3.05, 3.63) is 105 Å². The molecule has 6 rings (SSSR count). The Bertz CT molecular complexity index is 1870. The number of aromatic nitrogens is 5. The number of ether oxygens (including phenoxy) is 2. The number of methoxy groups -OCH3 is 2. The number of fused-ring (bicyclic) bond motifs is 1. The van der Waals surface area contributed by atoms with Gasteiger partial charge in [-0.2, -0.15) is 14.6 Å². The zero-order chi connectivity index (χ0) is 26.2. The van der Waals surface area contributed by atoms with E-state index in [9.17, 15) is 4.79 Å². The van der Waals surface area contributed by atoms with Gasteiger partial charge in [-0.05, 0) is 73.2 Å². The van der Waals surface area contributed by atoms with E-state index in [1.807, 2.05) is 96.7 Å². The summed E-state index contributed by atoms with van der Waals surface area (Å²) in [5.41, 5.74) is 5.02. The molecule has 0 N–H and O–H groups in total. The van der Waals surface area contributed by atoms with Crippen LogP contribution in [0.4, 0.5) is 0 Å². The van der Waals surface area contributed by atoms with E-state index in [1.54, 1.807) is 14.2 Å². The molecule has 0 radical (unpaired) electrons. The fraction of sp³-hybridized carbons (Fsp3) is 0.103. The largest absolute Gasteiger partial charge is 0.497 e. The van der Waals surface area contributed by atoms with Gasteiger partial charge in [-0.15, -0.1) is 5.10 Å². The highest BCUT2D eigenvalue weighted by Gasteiger charge is 2.16. The average molecular weight is 522 g/mol. The lowest BCUT2D eigenvalue weighted by Crippen LogP contribution is -2.23. The van der Waals surface area contributed by atoms with E-state index in [0.29, 0.717) is 15.3 Å². The van der Waals surface area contributed by atoms with Crippen molar-refractivity contribution in [2.45, 2.75) is 6.92 Å². The maximum atomic E-state index is 13.3. The highest BCUT2D eigenvalue weighted by Crippen LogP contribution is 2.29. The van der Waals surface area contributed by atoms with E-state index >= 15 is 0 Å². The van der Waals surface area contributed by atoms with E-state index in [2.05, 4.69) is 10.1 Å². The van der Waals surface area contributed by atoms with Gasteiger partial charge in [0, 0.05) is 22.9 Å². The lowest BCUT2D eigenvalue weighted by molar-refractivity contribution is 0.412. The first-order valence-corrected chi connectivity index (χ1v) is 12.7. The summed E-state index contributed by atoms with van der Waals surface area (Å²) in [7, 11) is 3.27. The molecule has 38 heavy (non-hydrogen) atoms. The number of benzene rings is 3. The molecule has 3 heterocycles. The van der Waals surface area contributed by atoms with Crippen molar-refractivity contribution >= 4 is 22.4 Å². The lowest BCUT2D eigenvalue weighted by atomic mass is 10.0. The highest BCUT2D eigenvalue weighted by molar-refractivity contribution is 7.15. The first-order valence-electron chi connectivity index (χ1n) is 11.9. The van der Waals surface area contributed by atoms with Gasteiger partial charge in [-0.1, -0.05) is 29.5 Å². The third kappa shape index (κ3) is 4.22. The van der Waals surface area contributed by atoms with Crippen LogP contribution in [0.1, 0.15) is 11.1 Å². The Morgan fingerprint density at radius 1 is 0.895 bits per heavy atom. The number of rotatable bonds is 6. The zero-order valence-corrected chi connectivity index (χ0v) is 21.8. The second-order valence-corrected chi connectivity index (χ2v) is 9.68. The second-order valence-electron chi connectivity index (χ2n) is 8.67. The van der Waals surface area contributed by atoms with Gasteiger partial charge in [0.05, 0.1) is 24.4 Å². The molecule has 0 aliphatic carbocycles. The molecule has 0 saturated heterocycles. The molecular weight excluding hydrogens is 498 g/mol. The van der Waals surface area contributed by atoms with E-state index in [0.717, 1.165) is 45.1 Å². The van der Waals surface area contributed by atoms with Crippen LogP contribution >= 0.6 is 11.3 Å². The molecule has 0 atom stereocenters. The molecule has 0 bridgehead atoms. The Kier molecular flexibility index (Phi) is 5.97. The van der Waals surface area contributed by atoms with Crippen molar-refractivity contribution in [1.29, 1.82) is 0 Å². The van der Waals surface area contributed by atoms with Gasteiger partial charge in [-0.25, -0.2) is 4.68 Å². The molecule has 9 heteroatoms. The molecule has 3 aromatic heterocycles. The average Bonchev–Trinajstić information content (AvgIpc) is 3.64. The minimum absolute atomic E-state index is 0.221. The van der Waals surface area contributed by atoms with Gasteiger partial charge in [0.15, 0.2) is 5.82 Å². The van der Waals surface area contributed by atoms with Crippen LogP contribution < -0.4 is 19.6 Å². The van der Waals surface area contributed by atoms with Gasteiger partial charge in [0.25, 0.3) is 5.56 Å². The normalized spacial score (nSPS) is 11.8. The molecule has 0 amide bonds. The molecule has 0 spiro atoms. The number of hydrogen-bond donors (Lipinski definition) is 0. The highest BCUT2D eigenvalue weighted by atomic mass is 32.1. The Morgan fingerprint density at radius 3 is 2.34 bits per heavy atom. The predicted octanol–water partition coefficient (Wildman–Crippen LogP) is 4.54. The number of thiazole rings is 1. The van der Waals surface area contributed by atoms with E-state index in [4.69, 9.17) is 14.6 Å². The van der Waals surface area contributed by atoms with E-state index in [1.165, 1.54) is 15.9 Å². The number of nitrogens with zero attached hydrogens (tertiary/aromatic N) is 5. The Labute approximate surface area is 222 Å². The molecular formula is C29H23N5O3S. The van der Waals surface area contributed by atoms with Crippen LogP contribution in [0.2, 0.25) is 0 Å². The van der Waals surface area contributed by atoms with Gasteiger partial charge in [0.2, 0.25) is 4.96 Å². The quantitative estimate of drug-likeness (QED) is 0.320. The van der Waals surface area contributed by atoms with Crippen LogP contribution in [0.5, 0.6) is 11.5 Å². The summed E-state index contributed by atoms with van der Waals surface area (Å²) in [4.78, 5) is 18.4. The van der Waals surface area contributed by atoms with Crippen molar-refractivity contribution in [1.82, 2.24) is 24.4 Å². The van der Waals surface area contributed by atoms with Crippen LogP contribution in [-0.4, -0.2) is 38.6 Å². The summed E-state index contributed by atoms with van der Waals surface area (Å²) in [6.07, 6.45) is 3.79. The summed E-state index contributed by atoms with van der Waals surface area (Å²) in [6, 6.07) is 23.2. The third-order valence-electron chi connectivity index (χ3n) is 6.25. The van der Waals surface area contributed by atoms with Gasteiger partial charge >= 0.3 is 0 Å². The molecule has 0 saturated carbocycles. The maximum Gasteiger partial charge on any atom is 0.291 e. The van der Waals surface area contributed by atoms with Crippen molar-refractivity contribution in [2.75, 3.05) is 14.2 Å². The molecule has 0 fully saturated rings. The first-order chi connectivity index (χ1) is 18.5. The van der Waals surface area contributed by atoms with Gasteiger partial charge < -0.3 is 9.47 Å². The fourth-order valence-corrected chi connectivity index (χ4v) is 5.19. The van der Waals surface area contributed by atoms with Crippen LogP contribution in [0.3, 0.4) is 0 Å². The zero-order valence-electron chi connectivity index (χ0n) is 21.0.